The highest BCUT2D eigenvalue weighted by Gasteiger charge is 2.18. The average Bonchev–Trinajstić information content (AvgIpc) is 3.03. The van der Waals surface area contributed by atoms with Gasteiger partial charge in [0, 0.05) is 15.4 Å². The van der Waals surface area contributed by atoms with E-state index in [-0.39, 0.29) is 6.79 Å². The number of hydrogen-bond donors (Lipinski definition) is 0. The molecule has 20 heavy (non-hydrogen) atoms. The Morgan fingerprint density at radius 3 is 2.65 bits per heavy atom. The van der Waals surface area contributed by atoms with Crippen LogP contribution in [0.1, 0.15) is 0 Å². The number of fused-ring (bicyclic) bond motifs is 2. The van der Waals surface area contributed by atoms with E-state index in [9.17, 15) is 0 Å². The van der Waals surface area contributed by atoms with Crippen LogP contribution in [-0.4, -0.2) is 6.79 Å². The first-order valence-corrected chi connectivity index (χ1v) is 7.58. The smallest absolute Gasteiger partial charge is 0.231 e. The molecule has 0 atom stereocenters. The van der Waals surface area contributed by atoms with Gasteiger partial charge in [-0.2, -0.15) is 0 Å². The first-order chi connectivity index (χ1) is 9.72. The number of furan rings is 1. The summed E-state index contributed by atoms with van der Waals surface area (Å²) in [4.78, 5) is 0. The molecule has 0 fully saturated rings. The number of halogens is 2. The molecule has 0 spiro atoms. The van der Waals surface area contributed by atoms with Crippen LogP contribution in [0.2, 0.25) is 0 Å². The van der Waals surface area contributed by atoms with Gasteiger partial charge in [-0.25, -0.2) is 0 Å². The van der Waals surface area contributed by atoms with E-state index >= 15 is 0 Å². The maximum Gasteiger partial charge on any atom is 0.231 e. The fourth-order valence-electron chi connectivity index (χ4n) is 2.26. The van der Waals surface area contributed by atoms with Crippen LogP contribution in [0, 0.1) is 0 Å². The Balaban J connectivity index is 1.92. The van der Waals surface area contributed by atoms with E-state index in [2.05, 4.69) is 31.9 Å². The van der Waals surface area contributed by atoms with Crippen molar-refractivity contribution in [2.24, 2.45) is 0 Å². The fraction of sp³-hybridized carbons (Fsp3) is 0.0667. The van der Waals surface area contributed by atoms with Crippen molar-refractivity contribution in [1.29, 1.82) is 0 Å². The molecule has 0 radical (unpaired) electrons. The lowest BCUT2D eigenvalue weighted by atomic mass is 10.1. The third-order valence-corrected chi connectivity index (χ3v) is 4.50. The molecular formula is C15H8Br2O3. The maximum absolute atomic E-state index is 5.94. The van der Waals surface area contributed by atoms with Gasteiger partial charge in [0.15, 0.2) is 11.5 Å². The number of hydrogen-bond acceptors (Lipinski definition) is 3. The molecular weight excluding hydrogens is 388 g/mol. The molecule has 1 aliphatic rings. The molecule has 0 amide bonds. The quantitative estimate of drug-likeness (QED) is 0.556. The van der Waals surface area contributed by atoms with Crippen molar-refractivity contribution >= 4 is 42.8 Å². The van der Waals surface area contributed by atoms with E-state index in [0.717, 1.165) is 42.7 Å². The summed E-state index contributed by atoms with van der Waals surface area (Å²) in [6.07, 6.45) is 0. The number of rotatable bonds is 1. The second kappa shape index (κ2) is 4.53. The van der Waals surface area contributed by atoms with Crippen LogP contribution in [0.3, 0.4) is 0 Å². The van der Waals surface area contributed by atoms with Crippen molar-refractivity contribution in [1.82, 2.24) is 0 Å². The van der Waals surface area contributed by atoms with Gasteiger partial charge in [0.2, 0.25) is 6.79 Å². The Kier molecular flexibility index (Phi) is 2.79. The number of benzene rings is 2. The van der Waals surface area contributed by atoms with Crippen LogP contribution in [0.4, 0.5) is 0 Å². The molecule has 3 aromatic rings. The van der Waals surface area contributed by atoms with Gasteiger partial charge in [0.25, 0.3) is 0 Å². The normalized spacial score (nSPS) is 13.1. The highest BCUT2D eigenvalue weighted by atomic mass is 79.9. The second-order valence-corrected chi connectivity index (χ2v) is 6.16. The van der Waals surface area contributed by atoms with Gasteiger partial charge in [-0.15, -0.1) is 0 Å². The zero-order valence-corrected chi connectivity index (χ0v) is 13.3. The van der Waals surface area contributed by atoms with Gasteiger partial charge in [-0.05, 0) is 52.3 Å². The summed E-state index contributed by atoms with van der Waals surface area (Å²) in [5, 5.41) is 1.03. The lowest BCUT2D eigenvalue weighted by molar-refractivity contribution is 0.174. The number of ether oxygens (including phenoxy) is 2. The van der Waals surface area contributed by atoms with E-state index < -0.39 is 0 Å². The molecule has 1 aromatic heterocycles. The van der Waals surface area contributed by atoms with Gasteiger partial charge in [0.1, 0.15) is 11.3 Å². The van der Waals surface area contributed by atoms with Gasteiger partial charge in [-0.1, -0.05) is 15.9 Å². The summed E-state index contributed by atoms with van der Waals surface area (Å²) in [7, 11) is 0. The van der Waals surface area contributed by atoms with Crippen LogP contribution < -0.4 is 9.47 Å². The molecule has 2 heterocycles. The highest BCUT2D eigenvalue weighted by Crippen LogP contribution is 2.42. The van der Waals surface area contributed by atoms with Crippen molar-refractivity contribution in [3.8, 4) is 22.8 Å². The molecule has 0 unspecified atom stereocenters. The van der Waals surface area contributed by atoms with Crippen molar-refractivity contribution in [3.05, 3.63) is 45.3 Å². The highest BCUT2D eigenvalue weighted by molar-refractivity contribution is 9.11. The first kappa shape index (κ1) is 12.3. The molecule has 2 aromatic carbocycles. The molecule has 5 heteroatoms. The van der Waals surface area contributed by atoms with E-state index in [0.29, 0.717) is 0 Å². The lowest BCUT2D eigenvalue weighted by Crippen LogP contribution is -1.92. The van der Waals surface area contributed by atoms with Crippen LogP contribution in [0.15, 0.2) is 49.8 Å². The summed E-state index contributed by atoms with van der Waals surface area (Å²) in [5.74, 6) is 2.30. The SMILES string of the molecule is Brc1ccc2oc(-c3ccc4c(c3)OCO4)c(Br)c2c1. The first-order valence-electron chi connectivity index (χ1n) is 6.00. The molecule has 3 nitrogen and oxygen atoms in total. The standard InChI is InChI=1S/C15H8Br2O3/c16-9-2-4-11-10(6-9)14(17)15(20-11)8-1-3-12-13(5-8)19-7-18-12/h1-6H,7H2. The largest absolute Gasteiger partial charge is 0.455 e. The summed E-state index contributed by atoms with van der Waals surface area (Å²) in [6, 6.07) is 11.7. The van der Waals surface area contributed by atoms with Gasteiger partial charge >= 0.3 is 0 Å². The lowest BCUT2D eigenvalue weighted by Gasteiger charge is -2.00. The van der Waals surface area contributed by atoms with E-state index in [1.54, 1.807) is 0 Å². The van der Waals surface area contributed by atoms with Crippen molar-refractivity contribution in [2.75, 3.05) is 6.79 Å². The third kappa shape index (κ3) is 1.84. The van der Waals surface area contributed by atoms with Crippen LogP contribution in [0.25, 0.3) is 22.3 Å². The third-order valence-electron chi connectivity index (χ3n) is 3.22. The van der Waals surface area contributed by atoms with Gasteiger partial charge in [-0.3, -0.25) is 0 Å². The predicted octanol–water partition coefficient (Wildman–Crippen LogP) is 5.35. The van der Waals surface area contributed by atoms with Crippen molar-refractivity contribution < 1.29 is 13.9 Å². The van der Waals surface area contributed by atoms with E-state index in [4.69, 9.17) is 13.9 Å². The topological polar surface area (TPSA) is 31.6 Å². The molecule has 0 aliphatic carbocycles. The summed E-state index contributed by atoms with van der Waals surface area (Å²) >= 11 is 7.09. The Morgan fingerprint density at radius 2 is 1.75 bits per heavy atom. The average molecular weight is 396 g/mol. The van der Waals surface area contributed by atoms with E-state index in [1.165, 1.54) is 0 Å². The predicted molar refractivity (Wildman–Crippen MR) is 83.2 cm³/mol. The van der Waals surface area contributed by atoms with Crippen LogP contribution in [-0.2, 0) is 0 Å². The van der Waals surface area contributed by atoms with Gasteiger partial charge in [0.05, 0.1) is 4.47 Å². The Labute approximate surface area is 131 Å². The van der Waals surface area contributed by atoms with Crippen molar-refractivity contribution in [3.63, 3.8) is 0 Å². The zero-order chi connectivity index (χ0) is 13.7. The minimum absolute atomic E-state index is 0.271. The zero-order valence-electron chi connectivity index (χ0n) is 10.2. The minimum Gasteiger partial charge on any atom is -0.455 e. The molecule has 0 bridgehead atoms. The monoisotopic (exact) mass is 394 g/mol. The summed E-state index contributed by atoms with van der Waals surface area (Å²) in [5.41, 5.74) is 1.79. The van der Waals surface area contributed by atoms with Gasteiger partial charge < -0.3 is 13.9 Å². The van der Waals surface area contributed by atoms with Crippen LogP contribution in [0.5, 0.6) is 11.5 Å². The second-order valence-electron chi connectivity index (χ2n) is 4.45. The Bertz CT molecular complexity index is 823. The Morgan fingerprint density at radius 1 is 0.900 bits per heavy atom. The van der Waals surface area contributed by atoms with Crippen LogP contribution >= 0.6 is 31.9 Å². The molecule has 100 valence electrons. The maximum atomic E-state index is 5.94. The molecule has 0 N–H and O–H groups in total. The summed E-state index contributed by atoms with van der Waals surface area (Å²) < 4.78 is 18.6. The molecule has 4 rings (SSSR count). The minimum atomic E-state index is 0.271. The van der Waals surface area contributed by atoms with E-state index in [1.807, 2.05) is 36.4 Å². The summed E-state index contributed by atoms with van der Waals surface area (Å²) in [6.45, 7) is 0.271. The van der Waals surface area contributed by atoms with Crippen molar-refractivity contribution in [2.45, 2.75) is 0 Å². The fourth-order valence-corrected chi connectivity index (χ4v) is 3.24. The molecule has 0 saturated carbocycles. The molecule has 0 saturated heterocycles. The molecule has 1 aliphatic heterocycles. The Hall–Kier alpha value is -1.46.